The van der Waals surface area contributed by atoms with Gasteiger partial charge in [0, 0.05) is 11.8 Å². The van der Waals surface area contributed by atoms with Crippen LogP contribution in [0.2, 0.25) is 0 Å². The molecular weight excluding hydrogens is 558 g/mol. The minimum absolute atomic E-state index is 0. The molecule has 3 aliphatic carbocycles. The molecule has 0 unspecified atom stereocenters. The van der Waals surface area contributed by atoms with E-state index in [0.29, 0.717) is 11.8 Å². The van der Waals surface area contributed by atoms with E-state index in [9.17, 15) is 0 Å². The Morgan fingerprint density at radius 2 is 0.861 bits per heavy atom. The molecule has 0 aliphatic heterocycles. The number of rotatable bonds is 1. The summed E-state index contributed by atoms with van der Waals surface area (Å²) in [6.07, 6.45) is 10.0. The summed E-state index contributed by atoms with van der Waals surface area (Å²) >= 11 is -0.826. The molecule has 3 heteroatoms. The summed E-state index contributed by atoms with van der Waals surface area (Å²) in [5, 5.41) is 0. The molecule has 0 N–H and O–H groups in total. The Kier molecular flexibility index (Phi) is 10.6. The van der Waals surface area contributed by atoms with Crippen LogP contribution in [0, 0.1) is 20.9 Å². The van der Waals surface area contributed by atoms with Crippen LogP contribution in [0.5, 0.6) is 0 Å². The number of fused-ring (bicyclic) bond motifs is 6. The average Bonchev–Trinajstić information content (AvgIpc) is 3.63. The zero-order chi connectivity index (χ0) is 23.3. The van der Waals surface area contributed by atoms with Crippen molar-refractivity contribution in [2.45, 2.75) is 18.3 Å². The number of hydrogen-bond donors (Lipinski definition) is 0. The Labute approximate surface area is 235 Å². The minimum atomic E-state index is -0.826. The summed E-state index contributed by atoms with van der Waals surface area (Å²) in [5.41, 5.74) is 11.4. The van der Waals surface area contributed by atoms with E-state index in [1.54, 1.807) is 0 Å². The van der Waals surface area contributed by atoms with Crippen LogP contribution in [0.3, 0.4) is 0 Å². The first kappa shape index (κ1) is 28.4. The van der Waals surface area contributed by atoms with Crippen LogP contribution in [0.4, 0.5) is 0 Å². The zero-order valence-electron chi connectivity index (χ0n) is 20.6. The molecule has 0 atom stereocenters. The van der Waals surface area contributed by atoms with E-state index < -0.39 is 20.8 Å². The molecule has 0 nitrogen and oxygen atoms in total. The van der Waals surface area contributed by atoms with Crippen molar-refractivity contribution < 1.29 is 20.8 Å². The third-order valence-corrected chi connectivity index (χ3v) is 6.68. The maximum atomic E-state index is 4.93. The molecule has 3 aliphatic rings. The first-order valence-electron chi connectivity index (χ1n) is 11.4. The molecule has 0 saturated carbocycles. The molecule has 0 heterocycles. The molecule has 0 saturated heterocycles. The van der Waals surface area contributed by atoms with Crippen molar-refractivity contribution in [3.8, 4) is 22.3 Å². The first-order valence-corrected chi connectivity index (χ1v) is 17.7. The van der Waals surface area contributed by atoms with Gasteiger partial charge in [0.1, 0.15) is 0 Å². The summed E-state index contributed by atoms with van der Waals surface area (Å²) in [6.45, 7) is 0. The largest absolute Gasteiger partial charge is 0.0619 e. The van der Waals surface area contributed by atoms with Crippen LogP contribution >= 0.6 is 17.0 Å². The number of halogens is 2. The Balaban J connectivity index is 0.000000316. The van der Waals surface area contributed by atoms with Crippen molar-refractivity contribution in [2.75, 3.05) is 0 Å². The van der Waals surface area contributed by atoms with E-state index in [1.165, 1.54) is 44.5 Å². The number of hydrogen-bond acceptors (Lipinski definition) is 0. The van der Waals surface area contributed by atoms with Crippen LogP contribution < -0.4 is 0 Å². The van der Waals surface area contributed by atoms with Gasteiger partial charge in [-0.3, -0.25) is 6.08 Å². The third kappa shape index (κ3) is 5.40. The van der Waals surface area contributed by atoms with Gasteiger partial charge in [0.15, 0.2) is 0 Å². The predicted molar refractivity (Wildman–Crippen MR) is 154 cm³/mol. The monoisotopic (exact) mass is 585 g/mol. The van der Waals surface area contributed by atoms with E-state index in [0.717, 1.165) is 6.42 Å². The molecule has 0 amide bonds. The van der Waals surface area contributed by atoms with Gasteiger partial charge in [-0.2, -0.15) is 6.08 Å². The summed E-state index contributed by atoms with van der Waals surface area (Å²) in [7, 11) is 9.87. The molecule has 4 aromatic carbocycles. The molecule has 0 radical (unpaired) electrons. The second-order valence-corrected chi connectivity index (χ2v) is 12.1. The summed E-state index contributed by atoms with van der Waals surface area (Å²) in [5.74, 6) is 0.763. The van der Waals surface area contributed by atoms with Gasteiger partial charge in [0.25, 0.3) is 0 Å². The SMILES string of the molecule is [C-]1=CC=CC1.[CH3-].[CH3-].[Cl][Zr][Cl].c1ccc2c(c1)-c1ccccc1C2C1c2ccccc2-c2ccccc21. The minimum Gasteiger partial charge on any atom is -0.0619 e. The van der Waals surface area contributed by atoms with Crippen molar-refractivity contribution in [3.63, 3.8) is 0 Å². The zero-order valence-corrected chi connectivity index (χ0v) is 24.6. The van der Waals surface area contributed by atoms with Crippen LogP contribution in [-0.2, 0) is 20.8 Å². The Morgan fingerprint density at radius 3 is 1.08 bits per heavy atom. The normalized spacial score (nSPS) is 13.4. The van der Waals surface area contributed by atoms with Crippen molar-refractivity contribution in [3.05, 3.63) is 158 Å². The van der Waals surface area contributed by atoms with Crippen LogP contribution in [0.15, 0.2) is 115 Å². The summed E-state index contributed by atoms with van der Waals surface area (Å²) in [4.78, 5) is 0. The predicted octanol–water partition coefficient (Wildman–Crippen LogP) is 10.2. The molecule has 4 aromatic rings. The molecule has 0 fully saturated rings. The molecule has 7 rings (SSSR count). The fourth-order valence-electron chi connectivity index (χ4n) is 5.45. The molecule has 0 aromatic heterocycles. The smallest absolute Gasteiger partial charge is 0.0211 e. The Bertz CT molecular complexity index is 1160. The van der Waals surface area contributed by atoms with Crippen molar-refractivity contribution in [2.24, 2.45) is 0 Å². The molecule has 182 valence electrons. The Morgan fingerprint density at radius 1 is 0.556 bits per heavy atom. The van der Waals surface area contributed by atoms with Crippen molar-refractivity contribution in [1.29, 1.82) is 0 Å². The molecule has 0 spiro atoms. The van der Waals surface area contributed by atoms with Gasteiger partial charge in [-0.15, -0.1) is 6.42 Å². The maximum Gasteiger partial charge on any atom is 0.0211 e. The second kappa shape index (κ2) is 13.4. The van der Waals surface area contributed by atoms with Gasteiger partial charge < -0.3 is 14.9 Å². The summed E-state index contributed by atoms with van der Waals surface area (Å²) in [6, 6.07) is 35.8. The maximum absolute atomic E-state index is 4.93. The fourth-order valence-corrected chi connectivity index (χ4v) is 5.45. The topological polar surface area (TPSA) is 0 Å². The van der Waals surface area contributed by atoms with Crippen molar-refractivity contribution >= 4 is 17.0 Å². The van der Waals surface area contributed by atoms with Gasteiger partial charge in [0.05, 0.1) is 0 Å². The van der Waals surface area contributed by atoms with E-state index in [4.69, 9.17) is 17.0 Å². The molecule has 0 bridgehead atoms. The van der Waals surface area contributed by atoms with E-state index in [-0.39, 0.29) is 14.9 Å². The van der Waals surface area contributed by atoms with Gasteiger partial charge in [0.2, 0.25) is 0 Å². The van der Waals surface area contributed by atoms with Crippen LogP contribution in [0.1, 0.15) is 40.5 Å². The van der Waals surface area contributed by atoms with Crippen LogP contribution in [-0.4, -0.2) is 0 Å². The van der Waals surface area contributed by atoms with E-state index in [1.807, 2.05) is 12.2 Å². The quantitative estimate of drug-likeness (QED) is 0.194. The van der Waals surface area contributed by atoms with E-state index >= 15 is 0 Å². The van der Waals surface area contributed by atoms with Gasteiger partial charge in [-0.25, -0.2) is 12.2 Å². The number of benzene rings is 4. The fraction of sp³-hybridized carbons (Fsp3) is 0.0909. The van der Waals surface area contributed by atoms with Crippen molar-refractivity contribution in [1.82, 2.24) is 0 Å². The third-order valence-electron chi connectivity index (χ3n) is 6.68. The summed E-state index contributed by atoms with van der Waals surface area (Å²) < 4.78 is 0. The average molecular weight is 588 g/mol. The van der Waals surface area contributed by atoms with E-state index in [2.05, 4.69) is 109 Å². The van der Waals surface area contributed by atoms with Crippen LogP contribution in [0.25, 0.3) is 22.3 Å². The number of allylic oxidation sites excluding steroid dienone is 4. The standard InChI is InChI=1S/C26H18.C5H5.2CH3.2ClH.Zr/c1-5-13-21-17(9-1)18-10-2-6-14-22(18)25(21)26-23-15-7-3-11-19(23)20-12-4-8-16-24(20)26;1-2-4-5-3-1;;;;;/h1-16,25-26H;1-3H,4H2;2*1H3;2*1H;/q;3*-1;;;+2/p-2. The van der Waals surface area contributed by atoms with Gasteiger partial charge in [-0.05, 0) is 44.5 Å². The Hall–Kier alpha value is -2.18. The van der Waals surface area contributed by atoms with Gasteiger partial charge in [-0.1, -0.05) is 97.1 Å². The van der Waals surface area contributed by atoms with Gasteiger partial charge >= 0.3 is 37.9 Å². The molecule has 36 heavy (non-hydrogen) atoms. The molecular formula is C33H29Cl2Zr-3. The second-order valence-electron chi connectivity index (χ2n) is 8.38. The first-order chi connectivity index (χ1) is 16.8.